The Morgan fingerprint density at radius 2 is 2.11 bits per heavy atom. The first-order valence-corrected chi connectivity index (χ1v) is 6.43. The second kappa shape index (κ2) is 5.40. The van der Waals surface area contributed by atoms with E-state index in [2.05, 4.69) is 17.6 Å². The summed E-state index contributed by atoms with van der Waals surface area (Å²) < 4.78 is 0. The molecule has 1 saturated carbocycles. The van der Waals surface area contributed by atoms with Crippen molar-refractivity contribution in [3.05, 3.63) is 29.8 Å². The van der Waals surface area contributed by atoms with Gasteiger partial charge >= 0.3 is 6.03 Å². The van der Waals surface area contributed by atoms with Gasteiger partial charge in [-0.25, -0.2) is 4.79 Å². The first-order valence-electron chi connectivity index (χ1n) is 6.43. The number of aliphatic hydroxyl groups excluding tert-OH is 1. The molecule has 1 aromatic rings. The first-order chi connectivity index (χ1) is 8.69. The molecule has 1 aliphatic carbocycles. The third-order valence-corrected chi connectivity index (χ3v) is 3.56. The molecule has 2 rings (SSSR count). The molecule has 18 heavy (non-hydrogen) atoms. The summed E-state index contributed by atoms with van der Waals surface area (Å²) in [5.41, 5.74) is 1.92. The summed E-state index contributed by atoms with van der Waals surface area (Å²) in [6.45, 7) is 2.76. The van der Waals surface area contributed by atoms with Crippen molar-refractivity contribution in [1.82, 2.24) is 5.32 Å². The Labute approximate surface area is 107 Å². The summed E-state index contributed by atoms with van der Waals surface area (Å²) in [4.78, 5) is 11.8. The van der Waals surface area contributed by atoms with Gasteiger partial charge < -0.3 is 15.7 Å². The predicted octanol–water partition coefficient (Wildman–Crippen LogP) is 2.14. The number of hydrogen-bond acceptors (Lipinski definition) is 2. The van der Waals surface area contributed by atoms with Gasteiger partial charge in [0.15, 0.2) is 0 Å². The number of hydrogen-bond donors (Lipinski definition) is 3. The number of rotatable bonds is 5. The number of benzene rings is 1. The molecule has 2 amide bonds. The normalized spacial score (nSPS) is 16.1. The molecule has 0 saturated heterocycles. The van der Waals surface area contributed by atoms with E-state index >= 15 is 0 Å². The minimum absolute atomic E-state index is 0.0540. The molecule has 0 radical (unpaired) electrons. The average molecular weight is 248 g/mol. The van der Waals surface area contributed by atoms with Crippen LogP contribution in [0.2, 0.25) is 0 Å². The molecular weight excluding hydrogens is 228 g/mol. The van der Waals surface area contributed by atoms with E-state index in [0.29, 0.717) is 6.54 Å². The van der Waals surface area contributed by atoms with Crippen LogP contribution in [0.25, 0.3) is 0 Å². The SMILES string of the molecule is CCc1ccccc1NC(=O)NCC1(CO)CC1. The van der Waals surface area contributed by atoms with Crippen LogP contribution in [-0.2, 0) is 6.42 Å². The maximum atomic E-state index is 11.8. The lowest BCUT2D eigenvalue weighted by atomic mass is 10.1. The Kier molecular flexibility index (Phi) is 3.87. The molecule has 0 unspecified atom stereocenters. The lowest BCUT2D eigenvalue weighted by molar-refractivity contribution is 0.206. The second-order valence-corrected chi connectivity index (χ2v) is 4.98. The molecule has 98 valence electrons. The third kappa shape index (κ3) is 3.01. The van der Waals surface area contributed by atoms with E-state index in [0.717, 1.165) is 30.5 Å². The second-order valence-electron chi connectivity index (χ2n) is 4.98. The largest absolute Gasteiger partial charge is 0.396 e. The van der Waals surface area contributed by atoms with E-state index in [1.54, 1.807) is 0 Å². The van der Waals surface area contributed by atoms with Crippen LogP contribution in [-0.4, -0.2) is 24.3 Å². The molecular formula is C14H20N2O2. The number of carbonyl (C=O) groups is 1. The van der Waals surface area contributed by atoms with Gasteiger partial charge in [-0.05, 0) is 30.9 Å². The standard InChI is InChI=1S/C14H20N2O2/c1-2-11-5-3-4-6-12(11)16-13(18)15-9-14(10-17)7-8-14/h3-6,17H,2,7-10H2,1H3,(H2,15,16,18). The van der Waals surface area contributed by atoms with E-state index in [-0.39, 0.29) is 18.1 Å². The number of urea groups is 1. The van der Waals surface area contributed by atoms with Crippen LogP contribution in [0.4, 0.5) is 10.5 Å². The molecule has 0 aliphatic heterocycles. The van der Waals surface area contributed by atoms with Gasteiger partial charge in [0.05, 0.1) is 6.61 Å². The van der Waals surface area contributed by atoms with Gasteiger partial charge in [0.25, 0.3) is 0 Å². The van der Waals surface area contributed by atoms with Gasteiger partial charge in [-0.15, -0.1) is 0 Å². The fourth-order valence-corrected chi connectivity index (χ4v) is 1.95. The summed E-state index contributed by atoms with van der Waals surface area (Å²) in [7, 11) is 0. The summed E-state index contributed by atoms with van der Waals surface area (Å²) in [6, 6.07) is 7.58. The number of aryl methyl sites for hydroxylation is 1. The van der Waals surface area contributed by atoms with Crippen molar-refractivity contribution in [3.63, 3.8) is 0 Å². The van der Waals surface area contributed by atoms with Crippen LogP contribution in [0.3, 0.4) is 0 Å². The maximum Gasteiger partial charge on any atom is 0.319 e. The van der Waals surface area contributed by atoms with Gasteiger partial charge in [-0.1, -0.05) is 25.1 Å². The number of nitrogens with one attached hydrogen (secondary N) is 2. The molecule has 0 atom stereocenters. The lowest BCUT2D eigenvalue weighted by Crippen LogP contribution is -2.35. The van der Waals surface area contributed by atoms with E-state index in [1.165, 1.54) is 0 Å². The monoisotopic (exact) mass is 248 g/mol. The minimum Gasteiger partial charge on any atom is -0.396 e. The zero-order chi connectivity index (χ0) is 13.0. The Morgan fingerprint density at radius 1 is 1.39 bits per heavy atom. The maximum absolute atomic E-state index is 11.8. The highest BCUT2D eigenvalue weighted by atomic mass is 16.3. The number of anilines is 1. The Bertz CT molecular complexity index is 428. The fraction of sp³-hybridized carbons (Fsp3) is 0.500. The quantitative estimate of drug-likeness (QED) is 0.747. The highest BCUT2D eigenvalue weighted by molar-refractivity contribution is 5.90. The van der Waals surface area contributed by atoms with Crippen molar-refractivity contribution < 1.29 is 9.90 Å². The van der Waals surface area contributed by atoms with Crippen molar-refractivity contribution in [2.45, 2.75) is 26.2 Å². The lowest BCUT2D eigenvalue weighted by Gasteiger charge is -2.14. The van der Waals surface area contributed by atoms with Gasteiger partial charge in [-0.3, -0.25) is 0 Å². The first kappa shape index (κ1) is 12.9. The van der Waals surface area contributed by atoms with E-state index < -0.39 is 0 Å². The highest BCUT2D eigenvalue weighted by Gasteiger charge is 2.42. The van der Waals surface area contributed by atoms with Crippen molar-refractivity contribution in [3.8, 4) is 0 Å². The van der Waals surface area contributed by atoms with Crippen molar-refractivity contribution in [2.75, 3.05) is 18.5 Å². The summed E-state index contributed by atoms with van der Waals surface area (Å²) in [6.07, 6.45) is 2.88. The van der Waals surface area contributed by atoms with Gasteiger partial charge in [-0.2, -0.15) is 0 Å². The van der Waals surface area contributed by atoms with Crippen LogP contribution in [0.1, 0.15) is 25.3 Å². The van der Waals surface area contributed by atoms with Crippen LogP contribution in [0.15, 0.2) is 24.3 Å². The van der Waals surface area contributed by atoms with Crippen molar-refractivity contribution in [1.29, 1.82) is 0 Å². The number of carbonyl (C=O) groups excluding carboxylic acids is 1. The Balaban J connectivity index is 1.87. The van der Waals surface area contributed by atoms with Gasteiger partial charge in [0.1, 0.15) is 0 Å². The Morgan fingerprint density at radius 3 is 2.72 bits per heavy atom. The van der Waals surface area contributed by atoms with Crippen LogP contribution in [0, 0.1) is 5.41 Å². The smallest absolute Gasteiger partial charge is 0.319 e. The van der Waals surface area contributed by atoms with E-state index in [9.17, 15) is 4.79 Å². The molecule has 0 heterocycles. The molecule has 0 aromatic heterocycles. The van der Waals surface area contributed by atoms with Crippen LogP contribution in [0.5, 0.6) is 0 Å². The summed E-state index contributed by atoms with van der Waals surface area (Å²) >= 11 is 0. The van der Waals surface area contributed by atoms with E-state index in [1.807, 2.05) is 24.3 Å². The topological polar surface area (TPSA) is 61.4 Å². The van der Waals surface area contributed by atoms with Gasteiger partial charge in [0, 0.05) is 17.6 Å². The molecule has 1 aromatic carbocycles. The van der Waals surface area contributed by atoms with Crippen LogP contribution < -0.4 is 10.6 Å². The molecule has 1 fully saturated rings. The molecule has 1 aliphatic rings. The molecule has 4 nitrogen and oxygen atoms in total. The zero-order valence-electron chi connectivity index (χ0n) is 10.7. The number of para-hydroxylation sites is 1. The molecule has 3 N–H and O–H groups in total. The van der Waals surface area contributed by atoms with Crippen molar-refractivity contribution >= 4 is 11.7 Å². The number of aliphatic hydroxyl groups is 1. The summed E-state index contributed by atoms with van der Waals surface area (Å²) in [5, 5.41) is 14.8. The van der Waals surface area contributed by atoms with E-state index in [4.69, 9.17) is 5.11 Å². The molecule has 0 spiro atoms. The predicted molar refractivity (Wildman–Crippen MR) is 71.6 cm³/mol. The average Bonchev–Trinajstić information content (AvgIpc) is 3.18. The highest BCUT2D eigenvalue weighted by Crippen LogP contribution is 2.44. The third-order valence-electron chi connectivity index (χ3n) is 3.56. The molecule has 4 heteroatoms. The molecule has 0 bridgehead atoms. The van der Waals surface area contributed by atoms with Crippen molar-refractivity contribution in [2.24, 2.45) is 5.41 Å². The number of amides is 2. The fourth-order valence-electron chi connectivity index (χ4n) is 1.95. The minimum atomic E-state index is -0.198. The van der Waals surface area contributed by atoms with Crippen LogP contribution >= 0.6 is 0 Å². The summed E-state index contributed by atoms with van der Waals surface area (Å²) in [5.74, 6) is 0. The Hall–Kier alpha value is -1.55. The zero-order valence-corrected chi connectivity index (χ0v) is 10.7. The van der Waals surface area contributed by atoms with Gasteiger partial charge in [0.2, 0.25) is 0 Å².